The van der Waals surface area contributed by atoms with Gasteiger partial charge in [0.1, 0.15) is 5.52 Å². The maximum absolute atomic E-state index is 4.59. The minimum atomic E-state index is 0.871. The molecule has 36 heavy (non-hydrogen) atoms. The number of thioether (sulfide) groups is 1. The van der Waals surface area contributed by atoms with E-state index in [2.05, 4.69) is 121 Å². The van der Waals surface area contributed by atoms with Crippen molar-refractivity contribution in [2.45, 2.75) is 0 Å². The lowest BCUT2D eigenvalue weighted by Gasteiger charge is -2.15. The highest BCUT2D eigenvalue weighted by Crippen LogP contribution is 2.46. The maximum Gasteiger partial charge on any atom is 0.113 e. The Morgan fingerprint density at radius 2 is 1.61 bits per heavy atom. The van der Waals surface area contributed by atoms with E-state index < -0.39 is 0 Å². The smallest absolute Gasteiger partial charge is 0.113 e. The molecular formula is C29H19Br2N3S2. The number of hydrogen-bond acceptors (Lipinski definition) is 4. The molecule has 0 unspecified atom stereocenters. The van der Waals surface area contributed by atoms with Crippen LogP contribution in [0.2, 0.25) is 0 Å². The lowest BCUT2D eigenvalue weighted by atomic mass is 10.0. The van der Waals surface area contributed by atoms with Crippen molar-refractivity contribution in [2.24, 2.45) is 0 Å². The summed E-state index contributed by atoms with van der Waals surface area (Å²) in [5.41, 5.74) is 6.21. The number of aromatic nitrogens is 3. The van der Waals surface area contributed by atoms with Crippen molar-refractivity contribution in [1.29, 1.82) is 0 Å². The average molecular weight is 633 g/mol. The Morgan fingerprint density at radius 1 is 0.861 bits per heavy atom. The number of thiophene rings is 1. The molecule has 6 rings (SSSR count). The zero-order valence-electron chi connectivity index (χ0n) is 19.2. The van der Waals surface area contributed by atoms with Crippen LogP contribution in [0, 0.1) is 0 Å². The molecule has 0 aliphatic rings. The zero-order chi connectivity index (χ0) is 24.6. The minimum Gasteiger partial charge on any atom is -0.212 e. The van der Waals surface area contributed by atoms with E-state index in [4.69, 9.17) is 0 Å². The molecule has 2 aromatic heterocycles. The lowest BCUT2D eigenvalue weighted by Crippen LogP contribution is -2.00. The predicted molar refractivity (Wildman–Crippen MR) is 163 cm³/mol. The second kappa shape index (κ2) is 9.98. The Kier molecular flexibility index (Phi) is 6.56. The minimum absolute atomic E-state index is 0.871. The Bertz CT molecular complexity index is 1750. The molecule has 0 saturated carbocycles. The van der Waals surface area contributed by atoms with Gasteiger partial charge in [0.25, 0.3) is 0 Å². The lowest BCUT2D eigenvalue weighted by molar-refractivity contribution is 0.825. The van der Waals surface area contributed by atoms with Gasteiger partial charge in [-0.15, -0.1) is 28.2 Å². The molecule has 0 amide bonds. The summed E-state index contributed by atoms with van der Waals surface area (Å²) in [5, 5.41) is 10.3. The first kappa shape index (κ1) is 23.7. The third kappa shape index (κ3) is 4.14. The summed E-state index contributed by atoms with van der Waals surface area (Å²) in [6.07, 6.45) is 2.11. The van der Waals surface area contributed by atoms with Crippen molar-refractivity contribution < 1.29 is 0 Å². The van der Waals surface area contributed by atoms with Crippen LogP contribution in [-0.4, -0.2) is 21.2 Å². The van der Waals surface area contributed by atoms with Crippen molar-refractivity contribution in [3.63, 3.8) is 0 Å². The summed E-state index contributed by atoms with van der Waals surface area (Å²) in [4.78, 5) is 2.34. The van der Waals surface area contributed by atoms with Crippen LogP contribution in [0.25, 0.3) is 46.6 Å². The second-order valence-electron chi connectivity index (χ2n) is 8.18. The van der Waals surface area contributed by atoms with Gasteiger partial charge < -0.3 is 0 Å². The van der Waals surface area contributed by atoms with Crippen LogP contribution in [0.5, 0.6) is 0 Å². The Morgan fingerprint density at radius 3 is 2.42 bits per heavy atom. The number of hydrogen-bond donors (Lipinski definition) is 0. The highest BCUT2D eigenvalue weighted by atomic mass is 79.9. The van der Waals surface area contributed by atoms with E-state index in [1.807, 2.05) is 28.9 Å². The summed E-state index contributed by atoms with van der Waals surface area (Å²) < 4.78 is 5.38. The third-order valence-electron chi connectivity index (χ3n) is 6.05. The fourth-order valence-corrected chi connectivity index (χ4v) is 8.02. The molecule has 2 heterocycles. The first-order valence-electron chi connectivity index (χ1n) is 11.3. The molecule has 0 radical (unpaired) electrons. The Hall–Kier alpha value is -2.71. The molecular weight excluding hydrogens is 614 g/mol. The van der Waals surface area contributed by atoms with Crippen molar-refractivity contribution >= 4 is 85.5 Å². The van der Waals surface area contributed by atoms with E-state index in [1.165, 1.54) is 15.0 Å². The van der Waals surface area contributed by atoms with Gasteiger partial charge in [0.05, 0.1) is 16.1 Å². The van der Waals surface area contributed by atoms with Gasteiger partial charge in [-0.05, 0) is 73.5 Å². The quantitative estimate of drug-likeness (QED) is 0.177. The normalized spacial score (nSPS) is 12.3. The van der Waals surface area contributed by atoms with Gasteiger partial charge in [0.2, 0.25) is 0 Å². The molecule has 7 heteroatoms. The number of halogens is 2. The van der Waals surface area contributed by atoms with E-state index in [1.54, 1.807) is 23.1 Å². The summed E-state index contributed by atoms with van der Waals surface area (Å²) in [6.45, 7) is 0. The van der Waals surface area contributed by atoms with E-state index >= 15 is 0 Å². The summed E-state index contributed by atoms with van der Waals surface area (Å²) >= 11 is 11.3. The molecule has 6 aromatic rings. The van der Waals surface area contributed by atoms with Gasteiger partial charge in [0, 0.05) is 29.5 Å². The van der Waals surface area contributed by atoms with Crippen LogP contribution in [-0.2, 0) is 0 Å². The van der Waals surface area contributed by atoms with Gasteiger partial charge in [0.15, 0.2) is 0 Å². The highest BCUT2D eigenvalue weighted by Gasteiger charge is 2.20. The van der Waals surface area contributed by atoms with Crippen LogP contribution < -0.4 is 0 Å². The third-order valence-corrected chi connectivity index (χ3v) is 10.3. The fraction of sp³-hybridized carbons (Fsp3) is 0.0345. The molecule has 4 aromatic carbocycles. The first-order chi connectivity index (χ1) is 17.7. The van der Waals surface area contributed by atoms with Crippen molar-refractivity contribution in [3.05, 3.63) is 113 Å². The Labute approximate surface area is 234 Å². The van der Waals surface area contributed by atoms with Gasteiger partial charge in [-0.1, -0.05) is 78.0 Å². The highest BCUT2D eigenvalue weighted by molar-refractivity contribution is 9.15. The molecule has 0 N–H and O–H groups in total. The first-order valence-corrected chi connectivity index (χ1v) is 14.9. The van der Waals surface area contributed by atoms with Crippen LogP contribution in [0.3, 0.4) is 0 Å². The topological polar surface area (TPSA) is 30.7 Å². The average Bonchev–Trinajstić information content (AvgIpc) is 3.51. The number of para-hydroxylation sites is 1. The number of fused-ring (bicyclic) bond motifs is 2. The maximum atomic E-state index is 4.59. The van der Waals surface area contributed by atoms with Crippen molar-refractivity contribution in [1.82, 2.24) is 15.0 Å². The molecule has 0 spiro atoms. The van der Waals surface area contributed by atoms with E-state index in [-0.39, 0.29) is 0 Å². The van der Waals surface area contributed by atoms with Crippen molar-refractivity contribution in [3.8, 4) is 16.1 Å². The van der Waals surface area contributed by atoms with Gasteiger partial charge in [-0.2, -0.15) is 0 Å². The SMILES string of the molecule is CS/C(=C(/Br)c1ccccc1)c1ccc(-c2sc3ccccc3c2Br)c(-n2nnc3ccccc32)c1. The number of benzene rings is 4. The van der Waals surface area contributed by atoms with Crippen molar-refractivity contribution in [2.75, 3.05) is 6.26 Å². The van der Waals surface area contributed by atoms with E-state index in [9.17, 15) is 0 Å². The van der Waals surface area contributed by atoms with E-state index in [0.717, 1.165) is 47.3 Å². The fourth-order valence-electron chi connectivity index (χ4n) is 4.32. The predicted octanol–water partition coefficient (Wildman–Crippen LogP) is 9.65. The van der Waals surface area contributed by atoms with Crippen LogP contribution >= 0.6 is 55.0 Å². The molecule has 0 atom stereocenters. The van der Waals surface area contributed by atoms with E-state index in [0.29, 0.717) is 0 Å². The number of rotatable bonds is 5. The standard InChI is InChI=1S/C29H19Br2N3S2/c1-35-28(26(30)18-9-3-2-4-10-18)19-15-16-20(29-27(31)21-11-5-8-14-25(21)36-29)24(17-19)34-23-13-7-6-12-22(23)32-33-34/h2-17H,1H3/b28-26+. The summed E-state index contributed by atoms with van der Waals surface area (Å²) in [6, 6.07) is 33.6. The monoisotopic (exact) mass is 631 g/mol. The zero-order valence-corrected chi connectivity index (χ0v) is 24.0. The molecule has 0 aliphatic heterocycles. The summed E-state index contributed by atoms with van der Waals surface area (Å²) in [7, 11) is 0. The molecule has 0 saturated heterocycles. The van der Waals surface area contributed by atoms with Crippen LogP contribution in [0.1, 0.15) is 11.1 Å². The van der Waals surface area contributed by atoms with Crippen LogP contribution in [0.15, 0.2) is 102 Å². The van der Waals surface area contributed by atoms with Gasteiger partial charge in [-0.25, -0.2) is 4.68 Å². The second-order valence-corrected chi connectivity index (χ2v) is 11.6. The molecule has 0 aliphatic carbocycles. The van der Waals surface area contributed by atoms with Gasteiger partial charge in [-0.3, -0.25) is 0 Å². The molecule has 0 bridgehead atoms. The molecule has 0 fully saturated rings. The summed E-state index contributed by atoms with van der Waals surface area (Å²) in [5.74, 6) is 0. The molecule has 3 nitrogen and oxygen atoms in total. The molecule has 176 valence electrons. The van der Waals surface area contributed by atoms with Crippen LogP contribution in [0.4, 0.5) is 0 Å². The largest absolute Gasteiger partial charge is 0.212 e. The van der Waals surface area contributed by atoms with Gasteiger partial charge >= 0.3 is 0 Å². The Balaban J connectivity index is 1.62. The number of nitrogens with zero attached hydrogens (tertiary/aromatic N) is 3.